The first-order valence-electron chi connectivity index (χ1n) is 8.63. The first kappa shape index (κ1) is 17.9. The number of hydrogen-bond donors (Lipinski definition) is 1. The lowest BCUT2D eigenvalue weighted by atomic mass is 10.1. The van der Waals surface area contributed by atoms with Gasteiger partial charge < -0.3 is 10.1 Å². The van der Waals surface area contributed by atoms with Gasteiger partial charge in [0.15, 0.2) is 0 Å². The Bertz CT molecular complexity index is 521. The third-order valence-electron chi connectivity index (χ3n) is 4.49. The summed E-state index contributed by atoms with van der Waals surface area (Å²) in [5.41, 5.74) is 3.31. The maximum atomic E-state index is 12.3. The standard InChI is InChI=1S/C17H30N4O2/c1-5-6-21-15(4)16(14(3)19-21)11-18-17(22)13(2)12-20-7-9-23-10-8-20/h13H,5-12H2,1-4H3,(H,18,22)/t13-/m0/s1. The van der Waals surface area contributed by atoms with Crippen molar-refractivity contribution >= 4 is 5.91 Å². The predicted molar refractivity (Wildman–Crippen MR) is 90.3 cm³/mol. The molecule has 2 heterocycles. The van der Waals surface area contributed by atoms with Crippen molar-refractivity contribution in [3.63, 3.8) is 0 Å². The second-order valence-corrected chi connectivity index (χ2v) is 6.40. The fraction of sp³-hybridized carbons (Fsp3) is 0.765. The number of aromatic nitrogens is 2. The molecular formula is C17H30N4O2. The van der Waals surface area contributed by atoms with Crippen LogP contribution in [0.15, 0.2) is 0 Å². The lowest BCUT2D eigenvalue weighted by molar-refractivity contribution is -0.125. The van der Waals surface area contributed by atoms with Gasteiger partial charge in [0.2, 0.25) is 5.91 Å². The highest BCUT2D eigenvalue weighted by Gasteiger charge is 2.19. The molecule has 0 spiro atoms. The minimum Gasteiger partial charge on any atom is -0.379 e. The van der Waals surface area contributed by atoms with E-state index in [2.05, 4.69) is 29.2 Å². The van der Waals surface area contributed by atoms with Crippen molar-refractivity contribution < 1.29 is 9.53 Å². The van der Waals surface area contributed by atoms with E-state index in [0.29, 0.717) is 6.54 Å². The Kier molecular flexibility index (Phi) is 6.59. The SMILES string of the molecule is CCCn1nc(C)c(CNC(=O)[C@@H](C)CN2CCOCC2)c1C. The maximum Gasteiger partial charge on any atom is 0.224 e. The van der Waals surface area contributed by atoms with Gasteiger partial charge in [-0.15, -0.1) is 0 Å². The quantitative estimate of drug-likeness (QED) is 0.826. The number of hydrogen-bond acceptors (Lipinski definition) is 4. The van der Waals surface area contributed by atoms with Gasteiger partial charge in [0.1, 0.15) is 0 Å². The molecule has 1 aromatic rings. The number of nitrogens with one attached hydrogen (secondary N) is 1. The second-order valence-electron chi connectivity index (χ2n) is 6.40. The van der Waals surface area contributed by atoms with Crippen molar-refractivity contribution in [2.24, 2.45) is 5.92 Å². The molecule has 0 saturated carbocycles. The van der Waals surface area contributed by atoms with Crippen molar-refractivity contribution in [2.75, 3.05) is 32.8 Å². The van der Waals surface area contributed by atoms with Crippen LogP contribution in [-0.4, -0.2) is 53.4 Å². The Labute approximate surface area is 139 Å². The van der Waals surface area contributed by atoms with Gasteiger partial charge >= 0.3 is 0 Å². The third-order valence-corrected chi connectivity index (χ3v) is 4.49. The van der Waals surface area contributed by atoms with Crippen LogP contribution in [-0.2, 0) is 22.6 Å². The van der Waals surface area contributed by atoms with E-state index in [9.17, 15) is 4.79 Å². The highest BCUT2D eigenvalue weighted by atomic mass is 16.5. The largest absolute Gasteiger partial charge is 0.379 e. The molecule has 0 aromatic carbocycles. The number of rotatable bonds is 7. The van der Waals surface area contributed by atoms with Gasteiger partial charge in [-0.2, -0.15) is 5.10 Å². The smallest absolute Gasteiger partial charge is 0.224 e. The predicted octanol–water partition coefficient (Wildman–Crippen LogP) is 1.49. The number of aryl methyl sites for hydroxylation is 2. The molecule has 1 aliphatic rings. The molecule has 0 unspecified atom stereocenters. The average Bonchev–Trinajstić information content (AvgIpc) is 2.80. The lowest BCUT2D eigenvalue weighted by Gasteiger charge is -2.28. The molecule has 0 radical (unpaired) electrons. The lowest BCUT2D eigenvalue weighted by Crippen LogP contribution is -2.42. The number of nitrogens with zero attached hydrogens (tertiary/aromatic N) is 3. The molecule has 1 amide bonds. The summed E-state index contributed by atoms with van der Waals surface area (Å²) < 4.78 is 7.38. The van der Waals surface area contributed by atoms with Crippen LogP contribution >= 0.6 is 0 Å². The topological polar surface area (TPSA) is 59.4 Å². The summed E-state index contributed by atoms with van der Waals surface area (Å²) in [6.07, 6.45) is 1.06. The van der Waals surface area contributed by atoms with Crippen LogP contribution in [0.2, 0.25) is 0 Å². The molecule has 0 aliphatic carbocycles. The van der Waals surface area contributed by atoms with E-state index < -0.39 is 0 Å². The molecule has 1 saturated heterocycles. The van der Waals surface area contributed by atoms with E-state index in [1.165, 1.54) is 0 Å². The summed E-state index contributed by atoms with van der Waals surface area (Å²) in [7, 11) is 0. The minimum atomic E-state index is -0.0144. The molecule has 23 heavy (non-hydrogen) atoms. The number of ether oxygens (including phenoxy) is 1. The molecule has 1 atom stereocenters. The van der Waals surface area contributed by atoms with Crippen molar-refractivity contribution in [1.29, 1.82) is 0 Å². The molecule has 6 nitrogen and oxygen atoms in total. The van der Waals surface area contributed by atoms with Crippen molar-refractivity contribution in [2.45, 2.75) is 47.2 Å². The van der Waals surface area contributed by atoms with Gasteiger partial charge in [-0.3, -0.25) is 14.4 Å². The number of carbonyl (C=O) groups excluding carboxylic acids is 1. The average molecular weight is 322 g/mol. The van der Waals surface area contributed by atoms with Crippen LogP contribution in [0.25, 0.3) is 0 Å². The van der Waals surface area contributed by atoms with Crippen molar-refractivity contribution in [3.8, 4) is 0 Å². The Hall–Kier alpha value is -1.40. The normalized spacial score (nSPS) is 17.2. The van der Waals surface area contributed by atoms with Gasteiger partial charge in [0.05, 0.1) is 18.9 Å². The van der Waals surface area contributed by atoms with E-state index in [1.807, 2.05) is 18.5 Å². The first-order chi connectivity index (χ1) is 11.0. The van der Waals surface area contributed by atoms with Gasteiger partial charge in [-0.05, 0) is 20.3 Å². The van der Waals surface area contributed by atoms with Gasteiger partial charge in [-0.1, -0.05) is 13.8 Å². The highest BCUT2D eigenvalue weighted by Crippen LogP contribution is 2.13. The molecule has 1 aromatic heterocycles. The molecule has 130 valence electrons. The minimum absolute atomic E-state index is 0.0144. The molecule has 1 N–H and O–H groups in total. The number of carbonyl (C=O) groups is 1. The zero-order valence-electron chi connectivity index (χ0n) is 14.9. The van der Waals surface area contributed by atoms with E-state index in [0.717, 1.165) is 62.8 Å². The van der Waals surface area contributed by atoms with Gasteiger partial charge in [-0.25, -0.2) is 0 Å². The fourth-order valence-electron chi connectivity index (χ4n) is 3.02. The van der Waals surface area contributed by atoms with Crippen LogP contribution in [0.4, 0.5) is 0 Å². The highest BCUT2D eigenvalue weighted by molar-refractivity contribution is 5.78. The summed E-state index contributed by atoms with van der Waals surface area (Å²) >= 11 is 0. The van der Waals surface area contributed by atoms with E-state index >= 15 is 0 Å². The number of morpholine rings is 1. The van der Waals surface area contributed by atoms with Crippen molar-refractivity contribution in [3.05, 3.63) is 17.0 Å². The van der Waals surface area contributed by atoms with Crippen LogP contribution < -0.4 is 5.32 Å². The molecular weight excluding hydrogens is 292 g/mol. The summed E-state index contributed by atoms with van der Waals surface area (Å²) in [4.78, 5) is 14.6. The summed E-state index contributed by atoms with van der Waals surface area (Å²) in [5, 5.41) is 7.63. The fourth-order valence-corrected chi connectivity index (χ4v) is 3.02. The van der Waals surface area contributed by atoms with E-state index in [-0.39, 0.29) is 11.8 Å². The van der Waals surface area contributed by atoms with Crippen LogP contribution in [0.3, 0.4) is 0 Å². The second kappa shape index (κ2) is 8.45. The summed E-state index contributed by atoms with van der Waals surface area (Å²) in [6, 6.07) is 0. The van der Waals surface area contributed by atoms with Crippen LogP contribution in [0.5, 0.6) is 0 Å². The maximum absolute atomic E-state index is 12.3. The van der Waals surface area contributed by atoms with Crippen molar-refractivity contribution in [1.82, 2.24) is 20.0 Å². The molecule has 6 heteroatoms. The van der Waals surface area contributed by atoms with Crippen LogP contribution in [0.1, 0.15) is 37.2 Å². The zero-order chi connectivity index (χ0) is 16.8. The zero-order valence-corrected chi connectivity index (χ0v) is 14.9. The third kappa shape index (κ3) is 4.78. The van der Waals surface area contributed by atoms with Gasteiger partial charge in [0.25, 0.3) is 0 Å². The summed E-state index contributed by atoms with van der Waals surface area (Å²) in [5.74, 6) is 0.0953. The molecule has 2 rings (SSSR count). The Morgan fingerprint density at radius 3 is 2.70 bits per heavy atom. The van der Waals surface area contributed by atoms with E-state index in [4.69, 9.17) is 4.74 Å². The van der Waals surface area contributed by atoms with E-state index in [1.54, 1.807) is 0 Å². The summed E-state index contributed by atoms with van der Waals surface area (Å²) in [6.45, 7) is 13.9. The molecule has 1 aliphatic heterocycles. The molecule has 0 bridgehead atoms. The molecule has 1 fully saturated rings. The Morgan fingerprint density at radius 2 is 2.04 bits per heavy atom. The van der Waals surface area contributed by atoms with Crippen LogP contribution in [0, 0.1) is 19.8 Å². The Morgan fingerprint density at radius 1 is 1.35 bits per heavy atom. The first-order valence-corrected chi connectivity index (χ1v) is 8.63. The van der Waals surface area contributed by atoms with Gasteiger partial charge in [0, 0.05) is 49.9 Å². The monoisotopic (exact) mass is 322 g/mol. The Balaban J connectivity index is 1.86. The number of amides is 1.